The van der Waals surface area contributed by atoms with E-state index in [1.807, 2.05) is 86.6 Å². The van der Waals surface area contributed by atoms with E-state index in [9.17, 15) is 0 Å². The first-order valence-electron chi connectivity index (χ1n) is 21.5. The van der Waals surface area contributed by atoms with Gasteiger partial charge < -0.3 is 18.3 Å². The van der Waals surface area contributed by atoms with E-state index in [2.05, 4.69) is 78.3 Å². The topological polar surface area (TPSA) is 126 Å². The summed E-state index contributed by atoms with van der Waals surface area (Å²) in [6.07, 6.45) is 10.9. The molecule has 0 radical (unpaired) electrons. The summed E-state index contributed by atoms with van der Waals surface area (Å²) in [6.45, 7) is 4.97. The van der Waals surface area contributed by atoms with Crippen molar-refractivity contribution in [1.29, 1.82) is 0 Å². The van der Waals surface area contributed by atoms with Crippen LogP contribution < -0.4 is 21.7 Å². The molecule has 1 aliphatic heterocycles. The van der Waals surface area contributed by atoms with Crippen LogP contribution in [0.4, 0.5) is 0 Å². The number of hydrogen-bond donors (Lipinski definition) is 0. The van der Waals surface area contributed by atoms with Crippen molar-refractivity contribution in [2.45, 2.75) is 52.6 Å². The zero-order valence-electron chi connectivity index (χ0n) is 35.9. The molecule has 1 aliphatic rings. The summed E-state index contributed by atoms with van der Waals surface area (Å²) < 4.78 is 62.5. The van der Waals surface area contributed by atoms with Crippen LogP contribution in [0.3, 0.4) is 0 Å². The summed E-state index contributed by atoms with van der Waals surface area (Å²) in [7, 11) is -13.0. The molecule has 1 saturated heterocycles. The van der Waals surface area contributed by atoms with Crippen LogP contribution in [0, 0.1) is 13.8 Å². The largest absolute Gasteiger partial charge is 0.316 e. The first kappa shape index (κ1) is 45.9. The van der Waals surface area contributed by atoms with Gasteiger partial charge in [-0.15, -0.1) is 0 Å². The third-order valence-electron chi connectivity index (χ3n) is 11.6. The smallest absolute Gasteiger partial charge is 0.146 e. The molecular weight excluding hydrogens is 848 g/mol. The predicted octanol–water partition coefficient (Wildman–Crippen LogP) is 9.35. The van der Waals surface area contributed by atoms with Gasteiger partial charge >= 0.3 is 0 Å². The van der Waals surface area contributed by atoms with Crippen molar-refractivity contribution in [3.8, 4) is 0 Å². The second-order valence-corrected chi connectivity index (χ2v) is 28.7. The fourth-order valence-corrected chi connectivity index (χ4v) is 19.6. The van der Waals surface area contributed by atoms with Gasteiger partial charge in [-0.2, -0.15) is 0 Å². The van der Waals surface area contributed by atoms with Crippen molar-refractivity contribution in [2.24, 2.45) is 0 Å². The summed E-state index contributed by atoms with van der Waals surface area (Å²) in [5.74, 6) is 0. The van der Waals surface area contributed by atoms with E-state index >= 15 is 18.3 Å². The molecule has 2 aromatic carbocycles. The summed E-state index contributed by atoms with van der Waals surface area (Å²) in [5, 5.41) is 0. The van der Waals surface area contributed by atoms with E-state index < -0.39 is 28.6 Å². The summed E-state index contributed by atoms with van der Waals surface area (Å²) in [6, 6.07) is 38.7. The normalized spacial score (nSPS) is 25.3. The summed E-state index contributed by atoms with van der Waals surface area (Å²) >= 11 is 0. The molecule has 7 rings (SSSR count). The SMILES string of the molecule is Cc1ccc(CN2C[P@@](=O)(c3ccccn3)CCCC[P@@](=O)(c3ccccn3)CN(Cc3ccc(C)cc3)C[P@](=O)(c3ccccn3)CCCC[P@](=O)(c3ccccn3)C2)cc1. The highest BCUT2D eigenvalue weighted by molar-refractivity contribution is 7.73. The van der Waals surface area contributed by atoms with E-state index in [-0.39, 0.29) is 25.1 Å². The fourth-order valence-electron chi connectivity index (χ4n) is 8.36. The van der Waals surface area contributed by atoms with Crippen molar-refractivity contribution < 1.29 is 18.3 Å². The number of hydrogen-bond acceptors (Lipinski definition) is 10. The lowest BCUT2D eigenvalue weighted by Crippen LogP contribution is -2.33. The van der Waals surface area contributed by atoms with Gasteiger partial charge in [0.25, 0.3) is 0 Å². The molecule has 324 valence electrons. The maximum atomic E-state index is 15.6. The van der Waals surface area contributed by atoms with Crippen LogP contribution in [-0.2, 0) is 31.3 Å². The van der Waals surface area contributed by atoms with Crippen molar-refractivity contribution in [3.05, 3.63) is 168 Å². The minimum absolute atomic E-state index is 0.172. The maximum Gasteiger partial charge on any atom is 0.146 e. The van der Waals surface area contributed by atoms with Gasteiger partial charge in [-0.3, -0.25) is 29.7 Å². The summed E-state index contributed by atoms with van der Waals surface area (Å²) in [4.78, 5) is 22.9. The van der Waals surface area contributed by atoms with Crippen LogP contribution in [-0.4, -0.2) is 79.5 Å². The Morgan fingerprint density at radius 2 is 0.645 bits per heavy atom. The number of aryl methyl sites for hydroxylation is 2. The quantitative estimate of drug-likeness (QED) is 0.137. The number of rotatable bonds is 8. The molecule has 62 heavy (non-hydrogen) atoms. The van der Waals surface area contributed by atoms with E-state index in [0.717, 1.165) is 22.3 Å². The molecule has 4 atom stereocenters. The third kappa shape index (κ3) is 12.1. The number of benzene rings is 2. The van der Waals surface area contributed by atoms with Crippen LogP contribution in [0.1, 0.15) is 47.9 Å². The molecule has 0 N–H and O–H groups in total. The second kappa shape index (κ2) is 21.0. The minimum Gasteiger partial charge on any atom is -0.316 e. The van der Waals surface area contributed by atoms with Gasteiger partial charge in [0.15, 0.2) is 0 Å². The summed E-state index contributed by atoms with van der Waals surface area (Å²) in [5.41, 5.74) is 6.49. The van der Waals surface area contributed by atoms with Crippen molar-refractivity contribution >= 4 is 50.3 Å². The molecule has 0 bridgehead atoms. The maximum absolute atomic E-state index is 15.6. The molecule has 10 nitrogen and oxygen atoms in total. The first-order chi connectivity index (χ1) is 29.9. The number of aromatic nitrogens is 4. The molecule has 0 saturated carbocycles. The Morgan fingerprint density at radius 3 is 0.871 bits per heavy atom. The molecule has 14 heteroatoms. The van der Waals surface area contributed by atoms with Crippen molar-refractivity contribution in [3.63, 3.8) is 0 Å². The Kier molecular flexibility index (Phi) is 15.6. The highest BCUT2D eigenvalue weighted by Crippen LogP contribution is 2.54. The molecule has 0 amide bonds. The van der Waals surface area contributed by atoms with Gasteiger partial charge in [0, 0.05) is 62.5 Å². The Labute approximate surface area is 367 Å². The van der Waals surface area contributed by atoms with Crippen LogP contribution in [0.25, 0.3) is 0 Å². The predicted molar refractivity (Wildman–Crippen MR) is 257 cm³/mol. The lowest BCUT2D eigenvalue weighted by Gasteiger charge is -2.33. The Morgan fingerprint density at radius 1 is 0.387 bits per heavy atom. The van der Waals surface area contributed by atoms with Gasteiger partial charge in [0.1, 0.15) is 50.3 Å². The molecule has 0 aliphatic carbocycles. The first-order valence-corrected chi connectivity index (χ1v) is 29.8. The van der Waals surface area contributed by atoms with E-state index in [1.54, 1.807) is 24.8 Å². The zero-order chi connectivity index (χ0) is 43.5. The average Bonchev–Trinajstić information content (AvgIpc) is 3.29. The molecular formula is C48H58N6O4P4. The molecule has 0 spiro atoms. The minimum atomic E-state index is -3.24. The van der Waals surface area contributed by atoms with Gasteiger partial charge in [-0.05, 0) is 99.2 Å². The highest BCUT2D eigenvalue weighted by Gasteiger charge is 2.38. The van der Waals surface area contributed by atoms with Gasteiger partial charge in [0.05, 0.1) is 25.1 Å². The average molecular weight is 907 g/mol. The van der Waals surface area contributed by atoms with Crippen molar-refractivity contribution in [2.75, 3.05) is 49.8 Å². The monoisotopic (exact) mass is 906 g/mol. The van der Waals surface area contributed by atoms with Crippen molar-refractivity contribution in [1.82, 2.24) is 29.7 Å². The Bertz CT molecular complexity index is 2230. The van der Waals surface area contributed by atoms with Gasteiger partial charge in [-0.1, -0.05) is 83.9 Å². The van der Waals surface area contributed by atoms with Gasteiger partial charge in [0.2, 0.25) is 0 Å². The highest BCUT2D eigenvalue weighted by atomic mass is 31.2. The molecule has 6 aromatic rings. The van der Waals surface area contributed by atoms with Gasteiger partial charge in [-0.25, -0.2) is 0 Å². The van der Waals surface area contributed by atoms with Crippen LogP contribution in [0.2, 0.25) is 0 Å². The lowest BCUT2D eigenvalue weighted by molar-refractivity contribution is 0.349. The molecule has 1 fully saturated rings. The molecule has 0 unspecified atom stereocenters. The van der Waals surface area contributed by atoms with Crippen LogP contribution in [0.5, 0.6) is 0 Å². The molecule has 5 heterocycles. The molecule has 4 aromatic heterocycles. The van der Waals surface area contributed by atoms with E-state index in [0.29, 0.717) is 85.2 Å². The standard InChI is InChI=1S/C48H58N6O4P4/c1-41-19-23-43(24-20-41)35-53-37-59(55,45-15-3-7-27-49-45)31-11-13-33-61(57,47-17-5-9-29-51-47)39-54(36-44-25-21-42(2)22-26-44)40-62(58,48-18-6-10-30-52-48)34-14-12-32-60(56,38-53)46-16-4-8-28-50-46/h3-10,15-30H,11-14,31-40H2,1-2H3/t59-,60-,61+,62+. The Hall–Kier alpha value is -4.12. The lowest BCUT2D eigenvalue weighted by atomic mass is 10.1. The fraction of sp³-hybridized carbons (Fsp3) is 0.333. The number of pyridine rings is 4. The van der Waals surface area contributed by atoms with E-state index in [1.165, 1.54) is 0 Å². The number of nitrogens with zero attached hydrogens (tertiary/aromatic N) is 6. The Balaban J connectivity index is 1.31. The van der Waals surface area contributed by atoms with Crippen LogP contribution in [0.15, 0.2) is 146 Å². The van der Waals surface area contributed by atoms with E-state index in [4.69, 9.17) is 0 Å². The second-order valence-electron chi connectivity index (χ2n) is 16.8. The third-order valence-corrected chi connectivity index (χ3v) is 23.6. The zero-order valence-corrected chi connectivity index (χ0v) is 39.4. The van der Waals surface area contributed by atoms with Crippen LogP contribution >= 0.6 is 28.6 Å².